The molecule has 0 unspecified atom stereocenters. The predicted octanol–water partition coefficient (Wildman–Crippen LogP) is 1.02. The largest absolute Gasteiger partial charge is 0.352 e. The molecular formula is C7H12O2. The van der Waals surface area contributed by atoms with Crippen molar-refractivity contribution in [2.75, 3.05) is 13.1 Å². The Balaban J connectivity index is 2.36. The van der Waals surface area contributed by atoms with Crippen LogP contribution in [0.4, 0.5) is 0 Å². The van der Waals surface area contributed by atoms with Crippen molar-refractivity contribution in [3.8, 4) is 0 Å². The summed E-state index contributed by atoms with van der Waals surface area (Å²) in [6, 6.07) is 0. The van der Waals surface area contributed by atoms with Crippen LogP contribution in [0.3, 0.4) is 0 Å². The summed E-state index contributed by atoms with van der Waals surface area (Å²) >= 11 is 0. The highest BCUT2D eigenvalue weighted by Crippen LogP contribution is 2.34. The van der Waals surface area contributed by atoms with E-state index in [1.807, 2.05) is 0 Å². The zero-order chi connectivity index (χ0) is 11.6. The Morgan fingerprint density at radius 1 is 1.56 bits per heavy atom. The van der Waals surface area contributed by atoms with Gasteiger partial charge in [0.05, 0.1) is 18.6 Å². The van der Waals surface area contributed by atoms with Crippen molar-refractivity contribution in [3.05, 3.63) is 0 Å². The molecule has 2 heteroatoms. The summed E-state index contributed by atoms with van der Waals surface area (Å²) in [6.45, 7) is -2.88. The van der Waals surface area contributed by atoms with E-state index in [2.05, 4.69) is 0 Å². The lowest BCUT2D eigenvalue weighted by molar-refractivity contribution is -0.0905. The molecule has 2 aliphatic heterocycles. The van der Waals surface area contributed by atoms with E-state index in [1.54, 1.807) is 0 Å². The number of hydrogen-bond acceptors (Lipinski definition) is 2. The van der Waals surface area contributed by atoms with Crippen molar-refractivity contribution >= 4 is 0 Å². The summed E-state index contributed by atoms with van der Waals surface area (Å²) < 4.78 is 54.7. The minimum atomic E-state index is -2.42. The van der Waals surface area contributed by atoms with E-state index < -0.39 is 37.6 Å². The van der Waals surface area contributed by atoms with Gasteiger partial charge < -0.3 is 9.47 Å². The molecule has 0 saturated carbocycles. The number of rotatable bonds is 0. The molecule has 2 heterocycles. The minimum absolute atomic E-state index is 0.741. The van der Waals surface area contributed by atoms with Crippen LogP contribution in [0.15, 0.2) is 0 Å². The molecule has 0 aromatic rings. The quantitative estimate of drug-likeness (QED) is 0.492. The van der Waals surface area contributed by atoms with Crippen LogP contribution in [0.5, 0.6) is 0 Å². The average molecular weight is 134 g/mol. The zero-order valence-electron chi connectivity index (χ0n) is 11.0. The van der Waals surface area contributed by atoms with Gasteiger partial charge in [-0.15, -0.1) is 0 Å². The molecule has 0 spiro atoms. The molecule has 0 aliphatic carbocycles. The van der Waals surface area contributed by atoms with Crippen molar-refractivity contribution in [2.45, 2.75) is 19.6 Å². The van der Waals surface area contributed by atoms with Crippen LogP contribution in [0.25, 0.3) is 0 Å². The first-order valence-corrected chi connectivity index (χ1v) is 2.95. The predicted molar refractivity (Wildman–Crippen MR) is 33.0 cm³/mol. The molecule has 2 rings (SSSR count). The van der Waals surface area contributed by atoms with Gasteiger partial charge in [-0.05, 0) is 12.3 Å². The minimum Gasteiger partial charge on any atom is -0.352 e. The van der Waals surface area contributed by atoms with Crippen LogP contribution in [0.1, 0.15) is 21.5 Å². The number of fused-ring (bicyclic) bond motifs is 1. The summed E-state index contributed by atoms with van der Waals surface area (Å²) in [5.41, 5.74) is 0. The smallest absolute Gasteiger partial charge is 0.160 e. The molecule has 2 aliphatic rings. The summed E-state index contributed by atoms with van der Waals surface area (Å²) in [5, 5.41) is 0. The first-order valence-electron chi connectivity index (χ1n) is 5.95. The van der Waals surface area contributed by atoms with Crippen molar-refractivity contribution in [1.82, 2.24) is 0 Å². The van der Waals surface area contributed by atoms with Gasteiger partial charge in [-0.3, -0.25) is 0 Å². The van der Waals surface area contributed by atoms with E-state index in [9.17, 15) is 0 Å². The van der Waals surface area contributed by atoms with Gasteiger partial charge in [0.2, 0.25) is 0 Å². The normalized spacial score (nSPS) is 76.3. The topological polar surface area (TPSA) is 18.5 Å². The zero-order valence-corrected chi connectivity index (χ0v) is 5.05. The standard InChI is InChI=1S/C7H12O2/c1-5-4-9-7-6(5)2-3-8-7/h5-7H,2-4H2,1H3/t5-,6-,7+/m0/s1/i2D2,3D2,4D2. The fraction of sp³-hybridized carbons (Fsp3) is 1.00. The van der Waals surface area contributed by atoms with Gasteiger partial charge >= 0.3 is 0 Å². The Labute approximate surface area is 63.6 Å². The van der Waals surface area contributed by atoms with Gasteiger partial charge in [0.15, 0.2) is 6.29 Å². The SMILES string of the molecule is [2H]C1([2H])O[C@H]2OC([2H])([2H])C([2H])([2H])[C@H]2[C@H]1C. The van der Waals surface area contributed by atoms with Crippen LogP contribution in [-0.4, -0.2) is 19.4 Å². The highest BCUT2D eigenvalue weighted by atomic mass is 16.7. The number of hydrogen-bond donors (Lipinski definition) is 0. The van der Waals surface area contributed by atoms with Crippen molar-refractivity contribution < 1.29 is 17.7 Å². The summed E-state index contributed by atoms with van der Waals surface area (Å²) in [5.74, 6) is -1.66. The lowest BCUT2D eigenvalue weighted by Gasteiger charge is -2.07. The van der Waals surface area contributed by atoms with Crippen LogP contribution < -0.4 is 0 Å². The Hall–Kier alpha value is -0.0800. The molecule has 0 N–H and O–H groups in total. The molecule has 52 valence electrons. The van der Waals surface area contributed by atoms with Crippen molar-refractivity contribution in [2.24, 2.45) is 11.8 Å². The lowest BCUT2D eigenvalue weighted by Crippen LogP contribution is -2.12. The Morgan fingerprint density at radius 3 is 3.22 bits per heavy atom. The van der Waals surface area contributed by atoms with Crippen LogP contribution >= 0.6 is 0 Å². The molecule has 0 bridgehead atoms. The molecule has 0 amide bonds. The second-order valence-corrected chi connectivity index (χ2v) is 2.28. The molecule has 2 fully saturated rings. The van der Waals surface area contributed by atoms with Crippen LogP contribution in [0.2, 0.25) is 0 Å². The second-order valence-electron chi connectivity index (χ2n) is 2.28. The lowest BCUT2D eigenvalue weighted by atomic mass is 9.96. The molecule has 0 aromatic carbocycles. The Kier molecular flexibility index (Phi) is 0.480. The van der Waals surface area contributed by atoms with E-state index in [4.69, 9.17) is 17.7 Å². The maximum atomic E-state index is 7.64. The third kappa shape index (κ3) is 0.775. The van der Waals surface area contributed by atoms with Gasteiger partial charge in [0.1, 0.15) is 0 Å². The first kappa shape index (κ1) is 2.21. The average Bonchev–Trinajstić information content (AvgIpc) is 2.29. The van der Waals surface area contributed by atoms with Gasteiger partial charge in [0, 0.05) is 8.66 Å². The van der Waals surface area contributed by atoms with Crippen LogP contribution in [-0.2, 0) is 9.47 Å². The van der Waals surface area contributed by atoms with E-state index in [0.717, 1.165) is 0 Å². The maximum absolute atomic E-state index is 7.64. The number of ether oxygens (including phenoxy) is 2. The van der Waals surface area contributed by atoms with E-state index in [0.29, 0.717) is 0 Å². The molecule has 2 nitrogen and oxygen atoms in total. The fourth-order valence-corrected chi connectivity index (χ4v) is 1.01. The molecule has 9 heavy (non-hydrogen) atoms. The maximum Gasteiger partial charge on any atom is 0.160 e. The van der Waals surface area contributed by atoms with E-state index in [-0.39, 0.29) is 0 Å². The Bertz CT molecular complexity index is 291. The fourth-order valence-electron chi connectivity index (χ4n) is 1.01. The summed E-state index contributed by atoms with van der Waals surface area (Å²) in [6.07, 6.45) is -3.37. The molecule has 3 atom stereocenters. The van der Waals surface area contributed by atoms with Crippen LogP contribution in [0, 0.1) is 11.8 Å². The third-order valence-corrected chi connectivity index (χ3v) is 1.60. The van der Waals surface area contributed by atoms with Crippen molar-refractivity contribution in [3.63, 3.8) is 0 Å². The van der Waals surface area contributed by atoms with Gasteiger partial charge in [-0.1, -0.05) is 6.92 Å². The van der Waals surface area contributed by atoms with Crippen molar-refractivity contribution in [1.29, 1.82) is 0 Å². The Morgan fingerprint density at radius 2 is 2.44 bits per heavy atom. The van der Waals surface area contributed by atoms with Gasteiger partial charge in [0.25, 0.3) is 0 Å². The highest BCUT2D eigenvalue weighted by Gasteiger charge is 2.38. The summed E-state index contributed by atoms with van der Waals surface area (Å²) in [7, 11) is 0. The molecule has 0 aromatic heterocycles. The first-order chi connectivity index (χ1) is 6.59. The van der Waals surface area contributed by atoms with E-state index >= 15 is 0 Å². The highest BCUT2D eigenvalue weighted by molar-refractivity contribution is 4.79. The molecule has 2 saturated heterocycles. The monoisotopic (exact) mass is 134 g/mol. The second kappa shape index (κ2) is 1.96. The van der Waals surface area contributed by atoms with Gasteiger partial charge in [-0.2, -0.15) is 0 Å². The van der Waals surface area contributed by atoms with Gasteiger partial charge in [-0.25, -0.2) is 0 Å². The molecule has 0 radical (unpaired) electrons. The summed E-state index contributed by atoms with van der Waals surface area (Å²) in [4.78, 5) is 0. The van der Waals surface area contributed by atoms with E-state index in [1.165, 1.54) is 6.92 Å². The molecular weight excluding hydrogens is 116 g/mol. The third-order valence-electron chi connectivity index (χ3n) is 1.60.